The quantitative estimate of drug-likeness (QED) is 0.527. The number of ketones is 1. The van der Waals surface area contributed by atoms with Crippen LogP contribution in [0.4, 0.5) is 0 Å². The lowest BCUT2D eigenvalue weighted by molar-refractivity contribution is -0.122. The van der Waals surface area contributed by atoms with Crippen molar-refractivity contribution in [1.29, 1.82) is 0 Å². The highest BCUT2D eigenvalue weighted by atomic mass is 79.9. The average Bonchev–Trinajstić information content (AvgIpc) is 2.63. The lowest BCUT2D eigenvalue weighted by Crippen LogP contribution is -2.39. The van der Waals surface area contributed by atoms with E-state index < -0.39 is 20.6 Å². The number of hydrogen-bond acceptors (Lipinski definition) is 5. The van der Waals surface area contributed by atoms with Crippen molar-refractivity contribution in [3.8, 4) is 0 Å². The Labute approximate surface area is 168 Å². The van der Waals surface area contributed by atoms with Gasteiger partial charge in [-0.25, -0.2) is 8.42 Å². The van der Waals surface area contributed by atoms with E-state index in [2.05, 4.69) is 26.2 Å². The second kappa shape index (κ2) is 8.48. The van der Waals surface area contributed by atoms with Gasteiger partial charge in [-0.05, 0) is 30.5 Å². The molecule has 3 atom stereocenters. The summed E-state index contributed by atoms with van der Waals surface area (Å²) in [6.07, 6.45) is 3.24. The summed E-state index contributed by atoms with van der Waals surface area (Å²) in [4.78, 5) is 28.8. The number of nitrogens with zero attached hydrogens (tertiary/aromatic N) is 1. The summed E-state index contributed by atoms with van der Waals surface area (Å²) in [5.41, 5.74) is 1.39. The van der Waals surface area contributed by atoms with Crippen LogP contribution in [0.3, 0.4) is 0 Å². The highest BCUT2D eigenvalue weighted by Gasteiger charge is 2.31. The molecule has 0 radical (unpaired) electrons. The summed E-state index contributed by atoms with van der Waals surface area (Å²) in [5, 5.41) is 2.91. The zero-order chi connectivity index (χ0) is 20.4. The van der Waals surface area contributed by atoms with Crippen molar-refractivity contribution >= 4 is 43.2 Å². The minimum atomic E-state index is -3.29. The zero-order valence-electron chi connectivity index (χ0n) is 15.7. The van der Waals surface area contributed by atoms with E-state index in [0.29, 0.717) is 5.71 Å². The molecule has 2 rings (SSSR count). The van der Waals surface area contributed by atoms with Crippen molar-refractivity contribution in [3.63, 3.8) is 0 Å². The van der Waals surface area contributed by atoms with E-state index in [-0.39, 0.29) is 28.2 Å². The number of rotatable bonds is 6. The maximum atomic E-state index is 12.7. The number of hydrogen-bond donors (Lipinski definition) is 1. The lowest BCUT2D eigenvalue weighted by Gasteiger charge is -2.26. The molecule has 0 aromatic heterocycles. The first kappa shape index (κ1) is 21.5. The van der Waals surface area contributed by atoms with Crippen molar-refractivity contribution < 1.29 is 18.0 Å². The number of aliphatic imine (C=N–C) groups is 1. The number of carbonyl (C=O) groups is 2. The van der Waals surface area contributed by atoms with Crippen LogP contribution in [0.1, 0.15) is 38.8 Å². The Hall–Kier alpha value is -1.80. The summed E-state index contributed by atoms with van der Waals surface area (Å²) in [6.45, 7) is 5.71. The van der Waals surface area contributed by atoms with Gasteiger partial charge < -0.3 is 5.32 Å². The summed E-state index contributed by atoms with van der Waals surface area (Å²) in [5.74, 6) is -0.726. The van der Waals surface area contributed by atoms with E-state index in [1.165, 1.54) is 18.3 Å². The highest BCUT2D eigenvalue weighted by Crippen LogP contribution is 2.27. The van der Waals surface area contributed by atoms with E-state index in [0.717, 1.165) is 18.2 Å². The molecule has 0 saturated carbocycles. The van der Waals surface area contributed by atoms with Crippen LogP contribution in [0.25, 0.3) is 0 Å². The van der Waals surface area contributed by atoms with Crippen LogP contribution >= 0.6 is 15.9 Å². The monoisotopic (exact) mass is 454 g/mol. The first-order valence-corrected chi connectivity index (χ1v) is 11.4. The molecule has 1 aliphatic heterocycles. The van der Waals surface area contributed by atoms with Crippen LogP contribution in [-0.4, -0.2) is 36.9 Å². The van der Waals surface area contributed by atoms with E-state index in [1.807, 2.05) is 13.8 Å². The molecule has 2 unspecified atom stereocenters. The first-order valence-electron chi connectivity index (χ1n) is 8.59. The Morgan fingerprint density at radius 1 is 1.30 bits per heavy atom. The van der Waals surface area contributed by atoms with Crippen LogP contribution in [-0.2, 0) is 19.4 Å². The maximum Gasteiger partial charge on any atom is 0.257 e. The molecular formula is C19H23BrN2O4S. The molecule has 0 saturated heterocycles. The van der Waals surface area contributed by atoms with Gasteiger partial charge in [-0.2, -0.15) is 0 Å². The van der Waals surface area contributed by atoms with Crippen molar-refractivity contribution in [2.45, 2.75) is 43.0 Å². The molecule has 6 nitrogen and oxygen atoms in total. The Balaban J connectivity index is 2.30. The van der Waals surface area contributed by atoms with Gasteiger partial charge in [0.25, 0.3) is 5.91 Å². The third kappa shape index (κ3) is 4.93. The molecule has 1 amide bonds. The fourth-order valence-corrected chi connectivity index (χ4v) is 3.72. The predicted octanol–water partition coefficient (Wildman–Crippen LogP) is 2.98. The van der Waals surface area contributed by atoms with Crippen LogP contribution < -0.4 is 5.32 Å². The minimum Gasteiger partial charge on any atom is -0.345 e. The van der Waals surface area contributed by atoms with Crippen molar-refractivity contribution in [1.82, 2.24) is 5.32 Å². The van der Waals surface area contributed by atoms with Crippen molar-refractivity contribution in [3.05, 3.63) is 41.6 Å². The van der Waals surface area contributed by atoms with E-state index >= 15 is 0 Å². The first-order chi connectivity index (χ1) is 12.6. The number of halogens is 1. The molecule has 0 spiro atoms. The fourth-order valence-electron chi connectivity index (χ4n) is 2.72. The SMILES string of the molecule is CCC(C)C(NC(=O)C1=CN=C(C)[C@@H](Br)C1=O)c1ccc(S(C)(=O)=O)cc1. The number of Topliss-reactive ketones (excluding diaryl/α,β-unsaturated/α-hetero) is 1. The van der Waals surface area contributed by atoms with Gasteiger partial charge in [0.15, 0.2) is 15.6 Å². The van der Waals surface area contributed by atoms with Gasteiger partial charge in [-0.15, -0.1) is 0 Å². The van der Waals surface area contributed by atoms with Crippen LogP contribution in [0.5, 0.6) is 0 Å². The Bertz CT molecular complexity index is 904. The van der Waals surface area contributed by atoms with Crippen LogP contribution in [0, 0.1) is 5.92 Å². The molecule has 1 heterocycles. The van der Waals surface area contributed by atoms with Crippen LogP contribution in [0.2, 0.25) is 0 Å². The maximum absolute atomic E-state index is 12.7. The summed E-state index contributed by atoms with van der Waals surface area (Å²) < 4.78 is 23.3. The number of alkyl halides is 1. The van der Waals surface area contributed by atoms with Crippen molar-refractivity contribution in [2.24, 2.45) is 10.9 Å². The normalized spacial score (nSPS) is 19.7. The summed E-state index contributed by atoms with van der Waals surface area (Å²) in [6, 6.07) is 6.09. The van der Waals surface area contributed by atoms with Gasteiger partial charge in [0.05, 0.1) is 10.9 Å². The average molecular weight is 455 g/mol. The molecule has 0 fully saturated rings. The van der Waals surface area contributed by atoms with E-state index in [4.69, 9.17) is 0 Å². The third-order valence-electron chi connectivity index (χ3n) is 4.67. The van der Waals surface area contributed by atoms with Gasteiger partial charge in [0.2, 0.25) is 0 Å². The molecule has 1 aliphatic rings. The molecule has 1 aromatic carbocycles. The molecule has 27 heavy (non-hydrogen) atoms. The number of nitrogens with one attached hydrogen (secondary N) is 1. The molecule has 1 N–H and O–H groups in total. The Kier molecular flexibility index (Phi) is 6.75. The predicted molar refractivity (Wildman–Crippen MR) is 109 cm³/mol. The topological polar surface area (TPSA) is 92.7 Å². The van der Waals surface area contributed by atoms with Gasteiger partial charge in [-0.3, -0.25) is 14.6 Å². The third-order valence-corrected chi connectivity index (χ3v) is 6.88. The number of amides is 1. The molecule has 146 valence electrons. The summed E-state index contributed by atoms with van der Waals surface area (Å²) in [7, 11) is -3.29. The second-order valence-electron chi connectivity index (χ2n) is 6.72. The largest absolute Gasteiger partial charge is 0.345 e. The zero-order valence-corrected chi connectivity index (χ0v) is 18.1. The second-order valence-corrected chi connectivity index (χ2v) is 9.65. The Morgan fingerprint density at radius 2 is 1.89 bits per heavy atom. The molecule has 1 aromatic rings. The molecule has 8 heteroatoms. The summed E-state index contributed by atoms with van der Waals surface area (Å²) >= 11 is 3.25. The number of benzene rings is 1. The highest BCUT2D eigenvalue weighted by molar-refractivity contribution is 9.10. The molecule has 0 aliphatic carbocycles. The van der Waals surface area contributed by atoms with E-state index in [9.17, 15) is 18.0 Å². The Morgan fingerprint density at radius 3 is 2.41 bits per heavy atom. The fraction of sp³-hybridized carbons (Fsp3) is 0.421. The molecular weight excluding hydrogens is 432 g/mol. The standard InChI is InChI=1S/C19H23BrN2O4S/c1-5-11(2)17(13-6-8-14(9-7-13)27(4,25)26)22-19(24)15-10-21-12(3)16(20)18(15)23/h6-11,16-17H,5H2,1-4H3,(H,22,24)/t11?,16-,17?/m1/s1. The lowest BCUT2D eigenvalue weighted by atomic mass is 9.91. The van der Waals surface area contributed by atoms with E-state index in [1.54, 1.807) is 19.1 Å². The number of carbonyl (C=O) groups excluding carboxylic acids is 2. The van der Waals surface area contributed by atoms with Gasteiger partial charge >= 0.3 is 0 Å². The van der Waals surface area contributed by atoms with Crippen LogP contribution in [0.15, 0.2) is 45.9 Å². The van der Waals surface area contributed by atoms with Gasteiger partial charge in [0.1, 0.15) is 10.4 Å². The molecule has 0 bridgehead atoms. The van der Waals surface area contributed by atoms with Gasteiger partial charge in [0, 0.05) is 18.2 Å². The number of sulfone groups is 1. The smallest absolute Gasteiger partial charge is 0.257 e. The minimum absolute atomic E-state index is 0.00327. The van der Waals surface area contributed by atoms with Crippen molar-refractivity contribution in [2.75, 3.05) is 6.26 Å². The van der Waals surface area contributed by atoms with Gasteiger partial charge in [-0.1, -0.05) is 48.3 Å².